The maximum absolute atomic E-state index is 12.1. The van der Waals surface area contributed by atoms with Gasteiger partial charge in [0.05, 0.1) is 17.9 Å². The summed E-state index contributed by atoms with van der Waals surface area (Å²) in [6.07, 6.45) is 1.58. The summed E-state index contributed by atoms with van der Waals surface area (Å²) < 4.78 is 34.9. The van der Waals surface area contributed by atoms with Crippen LogP contribution in [-0.4, -0.2) is 27.5 Å². The number of ether oxygens (including phenoxy) is 2. The Balaban J connectivity index is 2.64. The van der Waals surface area contributed by atoms with Crippen molar-refractivity contribution >= 4 is 21.7 Å². The second kappa shape index (κ2) is 8.50. The Kier molecular flexibility index (Phi) is 6.37. The third-order valence-electron chi connectivity index (χ3n) is 3.27. The van der Waals surface area contributed by atoms with Crippen molar-refractivity contribution in [1.82, 2.24) is 0 Å². The highest BCUT2D eigenvalue weighted by molar-refractivity contribution is 7.89. The molecule has 0 fully saturated rings. The normalized spacial score (nSPS) is 10.8. The molecule has 8 heteroatoms. The van der Waals surface area contributed by atoms with Gasteiger partial charge in [-0.3, -0.25) is 0 Å². The molecular formula is C18H20N2O5S. The number of carbonyl (C=O) groups is 1. The molecule has 0 bridgehead atoms. The molecule has 0 radical (unpaired) electrons. The van der Waals surface area contributed by atoms with Crippen molar-refractivity contribution in [3.63, 3.8) is 0 Å². The molecule has 0 amide bonds. The minimum atomic E-state index is -4.17. The van der Waals surface area contributed by atoms with E-state index in [-0.39, 0.29) is 28.5 Å². The van der Waals surface area contributed by atoms with Gasteiger partial charge in [-0.15, -0.1) is 6.58 Å². The number of nitrogens with two attached hydrogens (primary N) is 1. The first-order valence-corrected chi connectivity index (χ1v) is 9.37. The fraction of sp³-hybridized carbons (Fsp3) is 0.167. The average molecular weight is 376 g/mol. The summed E-state index contributed by atoms with van der Waals surface area (Å²) in [5.74, 6) is -0.248. The summed E-state index contributed by atoms with van der Waals surface area (Å²) in [4.78, 5) is 11.8. The third kappa shape index (κ3) is 4.84. The number of hydrogen-bond donors (Lipinski definition) is 2. The standard InChI is InChI=1S/C18H20N2O5S/c1-3-10-20-15-11-13(18(21)24-4-2)12-16(26(19,22)23)17(15)25-14-8-6-5-7-9-14/h3,5-9,11-12,20H,1,4,10H2,2H3,(H2,19,22,23). The molecule has 7 nitrogen and oxygen atoms in total. The molecule has 26 heavy (non-hydrogen) atoms. The molecule has 2 aromatic carbocycles. The Morgan fingerprint density at radius 1 is 1.27 bits per heavy atom. The number of primary sulfonamides is 1. The summed E-state index contributed by atoms with van der Waals surface area (Å²) in [6.45, 7) is 5.74. The predicted molar refractivity (Wildman–Crippen MR) is 99.0 cm³/mol. The lowest BCUT2D eigenvalue weighted by Gasteiger charge is -2.17. The van der Waals surface area contributed by atoms with Crippen molar-refractivity contribution in [2.75, 3.05) is 18.5 Å². The Morgan fingerprint density at radius 3 is 2.54 bits per heavy atom. The highest BCUT2D eigenvalue weighted by atomic mass is 32.2. The number of rotatable bonds is 8. The summed E-state index contributed by atoms with van der Waals surface area (Å²) in [7, 11) is -4.17. The zero-order chi connectivity index (χ0) is 19.2. The van der Waals surface area contributed by atoms with Crippen LogP contribution in [0.2, 0.25) is 0 Å². The van der Waals surface area contributed by atoms with E-state index in [1.165, 1.54) is 6.07 Å². The minimum Gasteiger partial charge on any atom is -0.462 e. The van der Waals surface area contributed by atoms with Gasteiger partial charge in [-0.2, -0.15) is 0 Å². The lowest BCUT2D eigenvalue weighted by molar-refractivity contribution is 0.0526. The van der Waals surface area contributed by atoms with Crippen LogP contribution < -0.4 is 15.2 Å². The number of carbonyl (C=O) groups excluding carboxylic acids is 1. The molecule has 2 aromatic rings. The fourth-order valence-electron chi connectivity index (χ4n) is 2.17. The molecule has 0 atom stereocenters. The molecule has 0 saturated heterocycles. The van der Waals surface area contributed by atoms with Gasteiger partial charge in [-0.1, -0.05) is 24.3 Å². The van der Waals surface area contributed by atoms with E-state index in [1.54, 1.807) is 43.3 Å². The highest BCUT2D eigenvalue weighted by Crippen LogP contribution is 2.37. The Labute approximate surface area is 152 Å². The number of esters is 1. The molecule has 138 valence electrons. The number of anilines is 1. The topological polar surface area (TPSA) is 108 Å². The third-order valence-corrected chi connectivity index (χ3v) is 4.19. The van der Waals surface area contributed by atoms with E-state index >= 15 is 0 Å². The Bertz CT molecular complexity index is 895. The van der Waals surface area contributed by atoms with E-state index in [4.69, 9.17) is 14.6 Å². The highest BCUT2D eigenvalue weighted by Gasteiger charge is 2.24. The van der Waals surface area contributed by atoms with Crippen molar-refractivity contribution in [3.05, 3.63) is 60.7 Å². The van der Waals surface area contributed by atoms with Gasteiger partial charge in [-0.25, -0.2) is 18.4 Å². The molecule has 0 aliphatic heterocycles. The largest absolute Gasteiger partial charge is 0.462 e. The van der Waals surface area contributed by atoms with Gasteiger partial charge in [0.15, 0.2) is 5.75 Å². The monoisotopic (exact) mass is 376 g/mol. The van der Waals surface area contributed by atoms with Gasteiger partial charge in [0, 0.05) is 6.54 Å². The first-order chi connectivity index (χ1) is 12.4. The van der Waals surface area contributed by atoms with Crippen LogP contribution in [0.5, 0.6) is 11.5 Å². The van der Waals surface area contributed by atoms with Crippen molar-refractivity contribution < 1.29 is 22.7 Å². The van der Waals surface area contributed by atoms with E-state index in [9.17, 15) is 13.2 Å². The molecule has 0 saturated carbocycles. The average Bonchev–Trinajstić information content (AvgIpc) is 2.60. The van der Waals surface area contributed by atoms with Crippen molar-refractivity contribution in [2.24, 2.45) is 5.14 Å². The minimum absolute atomic E-state index is 0.00593. The van der Waals surface area contributed by atoms with Crippen LogP contribution >= 0.6 is 0 Å². The van der Waals surface area contributed by atoms with Gasteiger partial charge < -0.3 is 14.8 Å². The quantitative estimate of drug-likeness (QED) is 0.542. The molecule has 3 N–H and O–H groups in total. The van der Waals surface area contributed by atoms with Crippen LogP contribution in [0, 0.1) is 0 Å². The molecule has 0 aromatic heterocycles. The first kappa shape index (κ1) is 19.5. The van der Waals surface area contributed by atoms with Crippen LogP contribution in [0.3, 0.4) is 0 Å². The summed E-state index contributed by atoms with van der Waals surface area (Å²) >= 11 is 0. The predicted octanol–water partition coefficient (Wildman–Crippen LogP) is 2.90. The second-order valence-electron chi connectivity index (χ2n) is 5.20. The maximum atomic E-state index is 12.1. The van der Waals surface area contributed by atoms with Gasteiger partial charge in [0.25, 0.3) is 0 Å². The Morgan fingerprint density at radius 2 is 1.96 bits per heavy atom. The lowest BCUT2D eigenvalue weighted by Crippen LogP contribution is -2.16. The smallest absolute Gasteiger partial charge is 0.338 e. The molecule has 2 rings (SSSR count). The zero-order valence-corrected chi connectivity index (χ0v) is 15.1. The molecule has 0 heterocycles. The van der Waals surface area contributed by atoms with Gasteiger partial charge in [0.1, 0.15) is 10.6 Å². The van der Waals surface area contributed by atoms with Gasteiger partial charge >= 0.3 is 5.97 Å². The van der Waals surface area contributed by atoms with Crippen molar-refractivity contribution in [2.45, 2.75) is 11.8 Å². The summed E-state index contributed by atoms with van der Waals surface area (Å²) in [6, 6.07) is 11.2. The van der Waals surface area contributed by atoms with Crippen LogP contribution in [0.4, 0.5) is 5.69 Å². The fourth-order valence-corrected chi connectivity index (χ4v) is 2.87. The summed E-state index contributed by atoms with van der Waals surface area (Å²) in [5.41, 5.74) is 0.325. The number of hydrogen-bond acceptors (Lipinski definition) is 6. The summed E-state index contributed by atoms with van der Waals surface area (Å²) in [5, 5.41) is 8.31. The van der Waals surface area contributed by atoms with Crippen LogP contribution in [0.1, 0.15) is 17.3 Å². The number of nitrogens with one attached hydrogen (secondary N) is 1. The number of sulfonamides is 1. The van der Waals surface area contributed by atoms with Crippen molar-refractivity contribution in [3.8, 4) is 11.5 Å². The van der Waals surface area contributed by atoms with Crippen LogP contribution in [-0.2, 0) is 14.8 Å². The van der Waals surface area contributed by atoms with Gasteiger partial charge in [0.2, 0.25) is 10.0 Å². The molecule has 0 spiro atoms. The molecular weight excluding hydrogens is 356 g/mol. The molecule has 0 aliphatic rings. The SMILES string of the molecule is C=CCNc1cc(C(=O)OCC)cc(S(N)(=O)=O)c1Oc1ccccc1. The molecule has 0 unspecified atom stereocenters. The van der Waals surface area contributed by atoms with E-state index in [0.29, 0.717) is 12.3 Å². The van der Waals surface area contributed by atoms with Gasteiger partial charge in [-0.05, 0) is 31.2 Å². The zero-order valence-electron chi connectivity index (χ0n) is 14.3. The maximum Gasteiger partial charge on any atom is 0.338 e. The van der Waals surface area contributed by atoms with Crippen molar-refractivity contribution in [1.29, 1.82) is 0 Å². The van der Waals surface area contributed by atoms with E-state index in [2.05, 4.69) is 11.9 Å². The Hall–Kier alpha value is -2.84. The second-order valence-corrected chi connectivity index (χ2v) is 6.73. The number of para-hydroxylation sites is 1. The van der Waals surface area contributed by atoms with E-state index in [0.717, 1.165) is 6.07 Å². The van der Waals surface area contributed by atoms with Crippen LogP contribution in [0.25, 0.3) is 0 Å². The molecule has 0 aliphatic carbocycles. The van der Waals surface area contributed by atoms with E-state index < -0.39 is 16.0 Å². The van der Waals surface area contributed by atoms with Crippen LogP contribution in [0.15, 0.2) is 60.0 Å². The number of benzene rings is 2. The van der Waals surface area contributed by atoms with E-state index in [1.807, 2.05) is 0 Å². The first-order valence-electron chi connectivity index (χ1n) is 7.82. The lowest BCUT2D eigenvalue weighted by atomic mass is 10.1.